The van der Waals surface area contributed by atoms with Crippen LogP contribution in [0.25, 0.3) is 11.4 Å². The van der Waals surface area contributed by atoms with E-state index in [0.29, 0.717) is 0 Å². The standard InChI is InChI=1S/C19H24N4O2/c1-2-6-16-13-17(21-19(20-16)15-7-4-3-5-8-15)23-11-9-22(10-12-23)14-18(24)25/h3-5,7-8,13H,2,6,9-12,14H2,1H3,(H,24,25). The fourth-order valence-corrected chi connectivity index (χ4v) is 3.07. The van der Waals surface area contributed by atoms with Crippen molar-refractivity contribution in [2.45, 2.75) is 19.8 Å². The van der Waals surface area contributed by atoms with Crippen molar-refractivity contribution < 1.29 is 9.90 Å². The minimum absolute atomic E-state index is 0.105. The molecule has 132 valence electrons. The molecular weight excluding hydrogens is 316 g/mol. The van der Waals surface area contributed by atoms with E-state index in [1.165, 1.54) is 0 Å². The molecule has 1 aromatic carbocycles. The second-order valence-corrected chi connectivity index (χ2v) is 6.31. The van der Waals surface area contributed by atoms with Gasteiger partial charge in [0.2, 0.25) is 0 Å². The first-order valence-corrected chi connectivity index (χ1v) is 8.78. The van der Waals surface area contributed by atoms with Gasteiger partial charge in [0.15, 0.2) is 5.82 Å². The molecule has 1 fully saturated rings. The number of carbonyl (C=O) groups is 1. The highest BCUT2D eigenvalue weighted by atomic mass is 16.4. The summed E-state index contributed by atoms with van der Waals surface area (Å²) in [5, 5.41) is 8.93. The normalized spacial score (nSPS) is 15.3. The second-order valence-electron chi connectivity index (χ2n) is 6.31. The third-order valence-corrected chi connectivity index (χ3v) is 4.36. The topological polar surface area (TPSA) is 69.6 Å². The molecule has 0 aliphatic carbocycles. The summed E-state index contributed by atoms with van der Waals surface area (Å²) in [6.45, 7) is 5.29. The van der Waals surface area contributed by atoms with E-state index in [9.17, 15) is 4.79 Å². The van der Waals surface area contributed by atoms with Gasteiger partial charge in [0.1, 0.15) is 5.82 Å². The predicted octanol–water partition coefficient (Wildman–Crippen LogP) is 2.30. The second kappa shape index (κ2) is 8.07. The molecule has 0 saturated carbocycles. The summed E-state index contributed by atoms with van der Waals surface area (Å²) in [6.07, 6.45) is 1.96. The number of aryl methyl sites for hydroxylation is 1. The first kappa shape index (κ1) is 17.4. The number of carboxylic acids is 1. The average molecular weight is 340 g/mol. The van der Waals surface area contributed by atoms with E-state index in [1.807, 2.05) is 35.2 Å². The molecule has 0 radical (unpaired) electrons. The summed E-state index contributed by atoms with van der Waals surface area (Å²) in [4.78, 5) is 24.5. The number of hydrogen-bond donors (Lipinski definition) is 1. The zero-order chi connectivity index (χ0) is 17.6. The van der Waals surface area contributed by atoms with Crippen LogP contribution in [0.3, 0.4) is 0 Å². The van der Waals surface area contributed by atoms with E-state index in [0.717, 1.165) is 61.9 Å². The fourth-order valence-electron chi connectivity index (χ4n) is 3.07. The van der Waals surface area contributed by atoms with Gasteiger partial charge in [-0.2, -0.15) is 0 Å². The van der Waals surface area contributed by atoms with Crippen LogP contribution in [0, 0.1) is 0 Å². The Kier molecular flexibility index (Phi) is 5.60. The third kappa shape index (κ3) is 4.54. The van der Waals surface area contributed by atoms with Crippen LogP contribution in [-0.2, 0) is 11.2 Å². The molecule has 3 rings (SSSR count). The summed E-state index contributed by atoms with van der Waals surface area (Å²) in [7, 11) is 0. The molecule has 6 heteroatoms. The van der Waals surface area contributed by atoms with Gasteiger partial charge in [-0.1, -0.05) is 43.7 Å². The van der Waals surface area contributed by atoms with Gasteiger partial charge in [-0.15, -0.1) is 0 Å². The Morgan fingerprint density at radius 1 is 1.12 bits per heavy atom. The van der Waals surface area contributed by atoms with E-state index in [-0.39, 0.29) is 6.54 Å². The lowest BCUT2D eigenvalue weighted by Crippen LogP contribution is -2.48. The number of piperazine rings is 1. The molecule has 0 bridgehead atoms. The number of benzene rings is 1. The molecule has 0 amide bonds. The molecule has 1 aliphatic heterocycles. The van der Waals surface area contributed by atoms with Gasteiger partial charge in [0.25, 0.3) is 0 Å². The van der Waals surface area contributed by atoms with Crippen LogP contribution in [0.1, 0.15) is 19.0 Å². The van der Waals surface area contributed by atoms with Crippen LogP contribution in [-0.4, -0.2) is 58.7 Å². The lowest BCUT2D eigenvalue weighted by atomic mass is 10.2. The van der Waals surface area contributed by atoms with Crippen LogP contribution in [0.4, 0.5) is 5.82 Å². The van der Waals surface area contributed by atoms with Gasteiger partial charge >= 0.3 is 5.97 Å². The number of aliphatic carboxylic acids is 1. The Morgan fingerprint density at radius 3 is 2.48 bits per heavy atom. The number of hydrogen-bond acceptors (Lipinski definition) is 5. The zero-order valence-corrected chi connectivity index (χ0v) is 14.6. The number of carboxylic acid groups (broad SMARTS) is 1. The van der Waals surface area contributed by atoms with Crippen LogP contribution in [0.5, 0.6) is 0 Å². The number of nitrogens with zero attached hydrogens (tertiary/aromatic N) is 4. The molecule has 0 atom stereocenters. The molecule has 2 aromatic rings. The van der Waals surface area contributed by atoms with E-state index < -0.39 is 5.97 Å². The lowest BCUT2D eigenvalue weighted by molar-refractivity contribution is -0.138. The molecule has 1 N–H and O–H groups in total. The highest BCUT2D eigenvalue weighted by Crippen LogP contribution is 2.22. The lowest BCUT2D eigenvalue weighted by Gasteiger charge is -2.34. The van der Waals surface area contributed by atoms with E-state index >= 15 is 0 Å². The van der Waals surface area contributed by atoms with Crippen LogP contribution in [0.2, 0.25) is 0 Å². The summed E-state index contributed by atoms with van der Waals surface area (Å²) in [5.41, 5.74) is 2.07. The van der Waals surface area contributed by atoms with Crippen LogP contribution >= 0.6 is 0 Å². The van der Waals surface area contributed by atoms with Gasteiger partial charge in [-0.05, 0) is 6.42 Å². The smallest absolute Gasteiger partial charge is 0.317 e. The molecule has 1 saturated heterocycles. The zero-order valence-electron chi connectivity index (χ0n) is 14.6. The van der Waals surface area contributed by atoms with Crippen molar-refractivity contribution in [1.29, 1.82) is 0 Å². The van der Waals surface area contributed by atoms with Crippen molar-refractivity contribution in [3.8, 4) is 11.4 Å². The van der Waals surface area contributed by atoms with Crippen LogP contribution < -0.4 is 4.90 Å². The Labute approximate surface area is 148 Å². The first-order chi connectivity index (χ1) is 12.2. The maximum absolute atomic E-state index is 10.9. The summed E-state index contributed by atoms with van der Waals surface area (Å²) in [5.74, 6) is 0.925. The van der Waals surface area contributed by atoms with Gasteiger partial charge in [-0.25, -0.2) is 9.97 Å². The van der Waals surface area contributed by atoms with Gasteiger partial charge < -0.3 is 10.0 Å². The molecular formula is C19H24N4O2. The quantitative estimate of drug-likeness (QED) is 0.870. The summed E-state index contributed by atoms with van der Waals surface area (Å²) >= 11 is 0. The van der Waals surface area contributed by atoms with E-state index in [2.05, 4.69) is 17.9 Å². The van der Waals surface area contributed by atoms with Crippen LogP contribution in [0.15, 0.2) is 36.4 Å². The number of aromatic nitrogens is 2. The summed E-state index contributed by atoms with van der Waals surface area (Å²) in [6, 6.07) is 12.1. The maximum atomic E-state index is 10.9. The predicted molar refractivity (Wildman–Crippen MR) is 97.8 cm³/mol. The molecule has 1 aromatic heterocycles. The molecule has 25 heavy (non-hydrogen) atoms. The van der Waals surface area contributed by atoms with Crippen molar-refractivity contribution in [2.24, 2.45) is 0 Å². The van der Waals surface area contributed by atoms with Crippen molar-refractivity contribution in [2.75, 3.05) is 37.6 Å². The van der Waals surface area contributed by atoms with Crippen molar-refractivity contribution >= 4 is 11.8 Å². The molecule has 0 unspecified atom stereocenters. The van der Waals surface area contributed by atoms with Gasteiger partial charge in [-0.3, -0.25) is 9.69 Å². The molecule has 2 heterocycles. The Balaban J connectivity index is 1.81. The Bertz CT molecular complexity index is 713. The third-order valence-electron chi connectivity index (χ3n) is 4.36. The van der Waals surface area contributed by atoms with Crippen molar-refractivity contribution in [1.82, 2.24) is 14.9 Å². The molecule has 6 nitrogen and oxygen atoms in total. The maximum Gasteiger partial charge on any atom is 0.317 e. The SMILES string of the molecule is CCCc1cc(N2CCN(CC(=O)O)CC2)nc(-c2ccccc2)n1. The Morgan fingerprint density at radius 2 is 1.84 bits per heavy atom. The minimum atomic E-state index is -0.771. The molecule has 0 spiro atoms. The number of anilines is 1. The van der Waals surface area contributed by atoms with Crippen molar-refractivity contribution in [3.63, 3.8) is 0 Å². The summed E-state index contributed by atoms with van der Waals surface area (Å²) < 4.78 is 0. The van der Waals surface area contributed by atoms with Gasteiger partial charge in [0, 0.05) is 43.5 Å². The molecule has 1 aliphatic rings. The highest BCUT2D eigenvalue weighted by molar-refractivity contribution is 5.69. The minimum Gasteiger partial charge on any atom is -0.480 e. The number of rotatable bonds is 6. The average Bonchev–Trinajstić information content (AvgIpc) is 2.63. The van der Waals surface area contributed by atoms with Crippen molar-refractivity contribution in [3.05, 3.63) is 42.1 Å². The Hall–Kier alpha value is -2.47. The highest BCUT2D eigenvalue weighted by Gasteiger charge is 2.20. The van der Waals surface area contributed by atoms with Gasteiger partial charge in [0.05, 0.1) is 6.54 Å². The largest absolute Gasteiger partial charge is 0.480 e. The first-order valence-electron chi connectivity index (χ1n) is 8.78. The van der Waals surface area contributed by atoms with E-state index in [4.69, 9.17) is 15.1 Å². The monoisotopic (exact) mass is 340 g/mol. The fraction of sp³-hybridized carbons (Fsp3) is 0.421. The van der Waals surface area contributed by atoms with E-state index in [1.54, 1.807) is 0 Å².